The molecule has 0 radical (unpaired) electrons. The van der Waals surface area contributed by atoms with E-state index in [-0.39, 0.29) is 17.8 Å². The van der Waals surface area contributed by atoms with Crippen molar-refractivity contribution in [2.24, 2.45) is 0 Å². The minimum Gasteiger partial charge on any atom is -0.354 e. The van der Waals surface area contributed by atoms with Crippen molar-refractivity contribution in [1.82, 2.24) is 4.57 Å². The largest absolute Gasteiger partial charge is 0.354 e. The smallest absolute Gasteiger partial charge is 0.288 e. The van der Waals surface area contributed by atoms with E-state index >= 15 is 0 Å². The van der Waals surface area contributed by atoms with Gasteiger partial charge in [0.05, 0.1) is 17.7 Å². The average Bonchev–Trinajstić information content (AvgIpc) is 2.27. The highest BCUT2D eigenvalue weighted by Gasteiger charge is 2.15. The molecule has 1 aromatic heterocycles. The molecule has 17 heavy (non-hydrogen) atoms. The number of nitrogens with zero attached hydrogens (tertiary/aromatic N) is 2. The number of nitro groups is 1. The third-order valence-electron chi connectivity index (χ3n) is 2.37. The van der Waals surface area contributed by atoms with Gasteiger partial charge in [0.25, 0.3) is 11.2 Å². The molecule has 7 nitrogen and oxygen atoms in total. The topological polar surface area (TPSA) is 83.6 Å². The normalized spacial score (nSPS) is 10.8. The van der Waals surface area contributed by atoms with Crippen LogP contribution in [0.2, 0.25) is 0 Å². The summed E-state index contributed by atoms with van der Waals surface area (Å²) in [7, 11) is 2.86. The average molecular weight is 242 g/mol. The Hall–Kier alpha value is -1.73. The second-order valence-corrected chi connectivity index (χ2v) is 3.49. The van der Waals surface area contributed by atoms with Crippen molar-refractivity contribution in [1.29, 1.82) is 0 Å². The van der Waals surface area contributed by atoms with E-state index < -0.39 is 11.2 Å². The maximum atomic E-state index is 11.6. The van der Waals surface area contributed by atoms with Crippen LogP contribution in [0, 0.1) is 17.0 Å². The number of pyridine rings is 1. The van der Waals surface area contributed by atoms with Crippen LogP contribution in [0.4, 0.5) is 5.69 Å². The molecule has 0 aliphatic rings. The zero-order valence-electron chi connectivity index (χ0n) is 9.87. The summed E-state index contributed by atoms with van der Waals surface area (Å²) in [6.07, 6.45) is 0.581. The quantitative estimate of drug-likeness (QED) is 0.430. The number of hydrogen-bond acceptors (Lipinski definition) is 5. The number of ether oxygens (including phenoxy) is 2. The van der Waals surface area contributed by atoms with Gasteiger partial charge in [0.1, 0.15) is 0 Å². The summed E-state index contributed by atoms with van der Waals surface area (Å²) in [6.45, 7) is 1.63. The van der Waals surface area contributed by atoms with Gasteiger partial charge >= 0.3 is 0 Å². The fourth-order valence-electron chi connectivity index (χ4n) is 1.39. The van der Waals surface area contributed by atoms with E-state index in [2.05, 4.69) is 0 Å². The van der Waals surface area contributed by atoms with Crippen LogP contribution in [0.3, 0.4) is 0 Å². The molecule has 0 atom stereocenters. The van der Waals surface area contributed by atoms with Crippen LogP contribution in [0.1, 0.15) is 5.56 Å². The lowest BCUT2D eigenvalue weighted by molar-refractivity contribution is -0.386. The molecule has 0 N–H and O–H groups in total. The van der Waals surface area contributed by atoms with Crippen LogP contribution < -0.4 is 5.56 Å². The Morgan fingerprint density at radius 1 is 1.47 bits per heavy atom. The van der Waals surface area contributed by atoms with E-state index in [4.69, 9.17) is 9.47 Å². The van der Waals surface area contributed by atoms with E-state index in [1.807, 2.05) is 0 Å². The van der Waals surface area contributed by atoms with Crippen molar-refractivity contribution < 1.29 is 14.4 Å². The molecule has 0 saturated carbocycles. The molecule has 0 saturated heterocycles. The summed E-state index contributed by atoms with van der Waals surface area (Å²) >= 11 is 0. The third-order valence-corrected chi connectivity index (χ3v) is 2.37. The van der Waals surface area contributed by atoms with Gasteiger partial charge in [-0.05, 0) is 6.92 Å². The van der Waals surface area contributed by atoms with Gasteiger partial charge in [0.2, 0.25) is 0 Å². The van der Waals surface area contributed by atoms with E-state index in [1.54, 1.807) is 0 Å². The van der Waals surface area contributed by atoms with E-state index in [0.29, 0.717) is 5.56 Å². The van der Waals surface area contributed by atoms with Crippen molar-refractivity contribution in [2.45, 2.75) is 19.8 Å². The van der Waals surface area contributed by atoms with Gasteiger partial charge in [-0.2, -0.15) is 0 Å². The van der Waals surface area contributed by atoms with Gasteiger partial charge in [-0.15, -0.1) is 0 Å². The molecular formula is C10H14N2O5. The number of hydrogen-bond donors (Lipinski definition) is 0. The van der Waals surface area contributed by atoms with Crippen LogP contribution in [0.15, 0.2) is 17.1 Å². The first-order valence-electron chi connectivity index (χ1n) is 4.90. The van der Waals surface area contributed by atoms with Crippen LogP contribution in [-0.2, 0) is 16.0 Å². The fourth-order valence-corrected chi connectivity index (χ4v) is 1.39. The lowest BCUT2D eigenvalue weighted by atomic mass is 10.2. The summed E-state index contributed by atoms with van der Waals surface area (Å²) < 4.78 is 11.1. The molecule has 0 fully saturated rings. The van der Waals surface area contributed by atoms with Crippen LogP contribution in [-0.4, -0.2) is 30.0 Å². The Kier molecular flexibility index (Phi) is 4.36. The zero-order chi connectivity index (χ0) is 13.0. The van der Waals surface area contributed by atoms with Gasteiger partial charge in [0, 0.05) is 25.8 Å². The second kappa shape index (κ2) is 5.55. The summed E-state index contributed by atoms with van der Waals surface area (Å²) in [5.74, 6) is 0. The first kappa shape index (κ1) is 13.3. The van der Waals surface area contributed by atoms with Gasteiger partial charge in [0.15, 0.2) is 6.29 Å². The molecule has 1 heterocycles. The fraction of sp³-hybridized carbons (Fsp3) is 0.500. The van der Waals surface area contributed by atoms with Gasteiger partial charge < -0.3 is 14.0 Å². The van der Waals surface area contributed by atoms with Gasteiger partial charge in [-0.1, -0.05) is 0 Å². The summed E-state index contributed by atoms with van der Waals surface area (Å²) in [6, 6.07) is 1.22. The third kappa shape index (κ3) is 3.11. The summed E-state index contributed by atoms with van der Waals surface area (Å²) in [5.41, 5.74) is -0.0922. The van der Waals surface area contributed by atoms with Crippen molar-refractivity contribution in [3.8, 4) is 0 Å². The van der Waals surface area contributed by atoms with Crippen LogP contribution in [0.25, 0.3) is 0 Å². The molecule has 1 aromatic rings. The molecule has 0 spiro atoms. The molecule has 0 bridgehead atoms. The second-order valence-electron chi connectivity index (χ2n) is 3.49. The number of aryl methyl sites for hydroxylation is 1. The monoisotopic (exact) mass is 242 g/mol. The summed E-state index contributed by atoms with van der Waals surface area (Å²) in [4.78, 5) is 21.8. The predicted molar refractivity (Wildman–Crippen MR) is 59.9 cm³/mol. The highest BCUT2D eigenvalue weighted by Crippen LogP contribution is 2.14. The highest BCUT2D eigenvalue weighted by molar-refractivity contribution is 5.35. The molecule has 7 heteroatoms. The first-order chi connectivity index (χ1) is 7.99. The molecule has 1 rings (SSSR count). The van der Waals surface area contributed by atoms with Crippen LogP contribution in [0.5, 0.6) is 0 Å². The SMILES string of the molecule is COC(Cn1cc([N+](=O)[O-])c(C)cc1=O)OC. The Morgan fingerprint density at radius 3 is 2.53 bits per heavy atom. The standard InChI is InChI=1S/C10H14N2O5/c1-7-4-9(13)11(5-8(7)12(14)15)6-10(16-2)17-3/h4-5,10H,6H2,1-3H3. The van der Waals surface area contributed by atoms with E-state index in [0.717, 1.165) is 0 Å². The first-order valence-corrected chi connectivity index (χ1v) is 4.90. The molecular weight excluding hydrogens is 228 g/mol. The number of methoxy groups -OCH3 is 2. The van der Waals surface area contributed by atoms with Crippen molar-refractivity contribution in [3.63, 3.8) is 0 Å². The number of rotatable bonds is 5. The highest BCUT2D eigenvalue weighted by atomic mass is 16.7. The Balaban J connectivity index is 3.12. The minimum absolute atomic E-state index is 0.101. The molecule has 94 valence electrons. The Morgan fingerprint density at radius 2 is 2.06 bits per heavy atom. The van der Waals surface area contributed by atoms with Gasteiger partial charge in [-0.25, -0.2) is 0 Å². The van der Waals surface area contributed by atoms with Crippen molar-refractivity contribution in [3.05, 3.63) is 38.3 Å². The van der Waals surface area contributed by atoms with Crippen molar-refractivity contribution >= 4 is 5.69 Å². The van der Waals surface area contributed by atoms with Crippen molar-refractivity contribution in [2.75, 3.05) is 14.2 Å². The predicted octanol–water partition coefficient (Wildman–Crippen LogP) is 0.684. The maximum absolute atomic E-state index is 11.6. The Labute approximate surface area is 97.7 Å². The molecule has 0 aliphatic carbocycles. The van der Waals surface area contributed by atoms with Crippen LogP contribution >= 0.6 is 0 Å². The lowest BCUT2D eigenvalue weighted by Gasteiger charge is -2.14. The van der Waals surface area contributed by atoms with E-state index in [1.165, 1.54) is 38.0 Å². The molecule has 0 unspecified atom stereocenters. The Bertz CT molecular complexity index is 464. The molecule has 0 aliphatic heterocycles. The summed E-state index contributed by atoms with van der Waals surface area (Å²) in [5, 5.41) is 10.7. The maximum Gasteiger partial charge on any atom is 0.288 e. The molecule has 0 amide bonds. The molecule has 0 aromatic carbocycles. The number of aromatic nitrogens is 1. The zero-order valence-corrected chi connectivity index (χ0v) is 9.87. The van der Waals surface area contributed by atoms with Gasteiger partial charge in [-0.3, -0.25) is 14.9 Å². The lowest BCUT2D eigenvalue weighted by Crippen LogP contribution is -2.28. The minimum atomic E-state index is -0.616. The van der Waals surface area contributed by atoms with E-state index in [9.17, 15) is 14.9 Å².